The summed E-state index contributed by atoms with van der Waals surface area (Å²) >= 11 is 11.8. The number of rotatable bonds is 5. The maximum absolute atomic E-state index is 12.3. The smallest absolute Gasteiger partial charge is 0.335 e. The lowest BCUT2D eigenvalue weighted by Crippen LogP contribution is -2.30. The van der Waals surface area contributed by atoms with E-state index in [2.05, 4.69) is 5.32 Å². The SMILES string of the molecule is Cc1ccc(C(=O)O)cc1NC(=O)C(C)Oc1ccc(Cl)cc1Cl. The van der Waals surface area contributed by atoms with Crippen molar-refractivity contribution >= 4 is 40.8 Å². The number of hydrogen-bond acceptors (Lipinski definition) is 3. The molecule has 0 spiro atoms. The first-order chi connectivity index (χ1) is 11.3. The summed E-state index contributed by atoms with van der Waals surface area (Å²) in [5.41, 5.74) is 1.24. The fourth-order valence-electron chi connectivity index (χ4n) is 1.94. The Hall–Kier alpha value is -2.24. The summed E-state index contributed by atoms with van der Waals surface area (Å²) in [5, 5.41) is 12.4. The molecule has 0 fully saturated rings. The van der Waals surface area contributed by atoms with Gasteiger partial charge < -0.3 is 15.2 Å². The molecule has 7 heteroatoms. The first kappa shape index (κ1) is 18.1. The summed E-state index contributed by atoms with van der Waals surface area (Å²) in [6.45, 7) is 3.33. The molecule has 0 radical (unpaired) electrons. The van der Waals surface area contributed by atoms with Crippen LogP contribution in [0.1, 0.15) is 22.8 Å². The predicted molar refractivity (Wildman–Crippen MR) is 93.3 cm³/mol. The summed E-state index contributed by atoms with van der Waals surface area (Å²) in [6, 6.07) is 9.20. The van der Waals surface area contributed by atoms with E-state index in [1.807, 2.05) is 0 Å². The van der Waals surface area contributed by atoms with Crippen molar-refractivity contribution < 1.29 is 19.4 Å². The Morgan fingerprint density at radius 2 is 1.88 bits per heavy atom. The van der Waals surface area contributed by atoms with Crippen LogP contribution in [0.5, 0.6) is 5.75 Å². The first-order valence-corrected chi connectivity index (χ1v) is 7.80. The third kappa shape index (κ3) is 4.40. The number of carboxylic acid groups (broad SMARTS) is 1. The number of carboxylic acids is 1. The topological polar surface area (TPSA) is 75.6 Å². The van der Waals surface area contributed by atoms with E-state index >= 15 is 0 Å². The summed E-state index contributed by atoms with van der Waals surface area (Å²) in [4.78, 5) is 23.3. The van der Waals surface area contributed by atoms with Crippen LogP contribution in [0, 0.1) is 6.92 Å². The molecule has 0 bridgehead atoms. The van der Waals surface area contributed by atoms with Gasteiger partial charge in [-0.1, -0.05) is 29.3 Å². The highest BCUT2D eigenvalue weighted by Gasteiger charge is 2.18. The molecule has 1 unspecified atom stereocenters. The van der Waals surface area contributed by atoms with Crippen LogP contribution in [0.3, 0.4) is 0 Å². The Balaban J connectivity index is 2.11. The number of aromatic carboxylic acids is 1. The van der Waals surface area contributed by atoms with Gasteiger partial charge >= 0.3 is 5.97 Å². The van der Waals surface area contributed by atoms with Crippen LogP contribution >= 0.6 is 23.2 Å². The molecule has 1 amide bonds. The zero-order valence-electron chi connectivity index (χ0n) is 13.0. The van der Waals surface area contributed by atoms with Crippen molar-refractivity contribution in [3.05, 3.63) is 57.6 Å². The molecule has 0 saturated carbocycles. The van der Waals surface area contributed by atoms with Gasteiger partial charge in [0.2, 0.25) is 0 Å². The number of benzene rings is 2. The summed E-state index contributed by atoms with van der Waals surface area (Å²) in [7, 11) is 0. The van der Waals surface area contributed by atoms with Gasteiger partial charge in [0.15, 0.2) is 6.10 Å². The van der Waals surface area contributed by atoms with Crippen LogP contribution in [-0.4, -0.2) is 23.1 Å². The van der Waals surface area contributed by atoms with Gasteiger partial charge in [-0.2, -0.15) is 0 Å². The lowest BCUT2D eigenvalue weighted by atomic mass is 10.1. The highest BCUT2D eigenvalue weighted by molar-refractivity contribution is 6.35. The van der Waals surface area contributed by atoms with Gasteiger partial charge in [0, 0.05) is 10.7 Å². The van der Waals surface area contributed by atoms with E-state index in [1.165, 1.54) is 18.2 Å². The highest BCUT2D eigenvalue weighted by Crippen LogP contribution is 2.28. The second-order valence-electron chi connectivity index (χ2n) is 5.16. The average Bonchev–Trinajstić information content (AvgIpc) is 2.51. The molecule has 0 aliphatic heterocycles. The van der Waals surface area contributed by atoms with Crippen LogP contribution in [0.25, 0.3) is 0 Å². The minimum absolute atomic E-state index is 0.0882. The van der Waals surface area contributed by atoms with Crippen molar-refractivity contribution in [2.75, 3.05) is 5.32 Å². The molecule has 2 aromatic carbocycles. The van der Waals surface area contributed by atoms with Crippen molar-refractivity contribution in [3.8, 4) is 5.75 Å². The zero-order valence-corrected chi connectivity index (χ0v) is 14.5. The minimum Gasteiger partial charge on any atom is -0.479 e. The number of aryl methyl sites for hydroxylation is 1. The lowest BCUT2D eigenvalue weighted by Gasteiger charge is -2.17. The van der Waals surface area contributed by atoms with Crippen molar-refractivity contribution in [1.82, 2.24) is 0 Å². The molecule has 0 aliphatic rings. The molecule has 2 rings (SSSR count). The molecule has 0 saturated heterocycles. The van der Waals surface area contributed by atoms with Crippen LogP contribution in [0.2, 0.25) is 10.0 Å². The number of ether oxygens (including phenoxy) is 1. The van der Waals surface area contributed by atoms with E-state index in [4.69, 9.17) is 33.0 Å². The Bertz CT molecular complexity index is 792. The zero-order chi connectivity index (χ0) is 17.9. The van der Waals surface area contributed by atoms with E-state index in [9.17, 15) is 9.59 Å². The lowest BCUT2D eigenvalue weighted by molar-refractivity contribution is -0.122. The van der Waals surface area contributed by atoms with Gasteiger partial charge in [0.25, 0.3) is 5.91 Å². The average molecular weight is 368 g/mol. The molecule has 0 aromatic heterocycles. The Kier molecular flexibility index (Phi) is 5.70. The van der Waals surface area contributed by atoms with E-state index in [0.717, 1.165) is 5.56 Å². The monoisotopic (exact) mass is 367 g/mol. The van der Waals surface area contributed by atoms with Gasteiger partial charge in [0.1, 0.15) is 5.75 Å². The number of carbonyl (C=O) groups is 2. The van der Waals surface area contributed by atoms with Crippen LogP contribution in [0.15, 0.2) is 36.4 Å². The number of halogens is 2. The van der Waals surface area contributed by atoms with E-state index < -0.39 is 18.0 Å². The fourth-order valence-corrected chi connectivity index (χ4v) is 2.39. The minimum atomic E-state index is -1.07. The molecule has 1 atom stereocenters. The quantitative estimate of drug-likeness (QED) is 0.820. The number of anilines is 1. The molecule has 5 nitrogen and oxygen atoms in total. The Morgan fingerprint density at radius 1 is 1.17 bits per heavy atom. The number of carbonyl (C=O) groups excluding carboxylic acids is 1. The number of hydrogen-bond donors (Lipinski definition) is 2. The van der Waals surface area contributed by atoms with Gasteiger partial charge in [-0.05, 0) is 49.7 Å². The van der Waals surface area contributed by atoms with Crippen molar-refractivity contribution in [2.24, 2.45) is 0 Å². The second kappa shape index (κ2) is 7.55. The second-order valence-corrected chi connectivity index (χ2v) is 6.00. The third-order valence-corrected chi connectivity index (χ3v) is 3.84. The van der Waals surface area contributed by atoms with Crippen molar-refractivity contribution in [1.29, 1.82) is 0 Å². The van der Waals surface area contributed by atoms with Gasteiger partial charge in [-0.15, -0.1) is 0 Å². The number of nitrogens with one attached hydrogen (secondary N) is 1. The van der Waals surface area contributed by atoms with Crippen LogP contribution < -0.4 is 10.1 Å². The first-order valence-electron chi connectivity index (χ1n) is 7.04. The highest BCUT2D eigenvalue weighted by atomic mass is 35.5. The normalized spacial score (nSPS) is 11.7. The molecular weight excluding hydrogens is 353 g/mol. The molecule has 24 heavy (non-hydrogen) atoms. The van der Waals surface area contributed by atoms with Crippen molar-refractivity contribution in [2.45, 2.75) is 20.0 Å². The van der Waals surface area contributed by atoms with Gasteiger partial charge in [-0.3, -0.25) is 4.79 Å². The maximum Gasteiger partial charge on any atom is 0.335 e. The third-order valence-electron chi connectivity index (χ3n) is 3.31. The molecular formula is C17H15Cl2NO4. The van der Waals surface area contributed by atoms with Gasteiger partial charge in [-0.25, -0.2) is 4.79 Å². The number of amides is 1. The maximum atomic E-state index is 12.3. The molecule has 2 N–H and O–H groups in total. The largest absolute Gasteiger partial charge is 0.479 e. The predicted octanol–water partition coefficient (Wildman–Crippen LogP) is 4.41. The van der Waals surface area contributed by atoms with Crippen LogP contribution in [0.4, 0.5) is 5.69 Å². The fraction of sp³-hybridized carbons (Fsp3) is 0.176. The Morgan fingerprint density at radius 3 is 2.50 bits per heavy atom. The Labute approximate surface area is 149 Å². The molecule has 0 aliphatic carbocycles. The molecule has 126 valence electrons. The van der Waals surface area contributed by atoms with E-state index in [1.54, 1.807) is 32.0 Å². The molecule has 2 aromatic rings. The van der Waals surface area contributed by atoms with Crippen LogP contribution in [-0.2, 0) is 4.79 Å². The van der Waals surface area contributed by atoms with Gasteiger partial charge in [0.05, 0.1) is 10.6 Å². The van der Waals surface area contributed by atoms with Crippen molar-refractivity contribution in [3.63, 3.8) is 0 Å². The molecule has 0 heterocycles. The summed E-state index contributed by atoms with van der Waals surface area (Å²) < 4.78 is 5.53. The van der Waals surface area contributed by atoms with E-state index in [-0.39, 0.29) is 5.56 Å². The summed E-state index contributed by atoms with van der Waals surface area (Å²) in [5.74, 6) is -1.16. The summed E-state index contributed by atoms with van der Waals surface area (Å²) in [6.07, 6.45) is -0.837. The standard InChI is InChI=1S/C17H15Cl2NO4/c1-9-3-4-11(17(22)23)7-14(9)20-16(21)10(2)24-15-6-5-12(18)8-13(15)19/h3-8,10H,1-2H3,(H,20,21)(H,22,23). The van der Waals surface area contributed by atoms with E-state index in [0.29, 0.717) is 21.5 Å².